The van der Waals surface area contributed by atoms with E-state index in [4.69, 9.17) is 37.6 Å². The van der Waals surface area contributed by atoms with Crippen LogP contribution in [0.3, 0.4) is 0 Å². The number of nitrogens with zero attached hydrogens (tertiary/aromatic N) is 3. The highest BCUT2D eigenvalue weighted by Gasteiger charge is 2.60. The molecule has 2 aliphatic rings. The maximum absolute atomic E-state index is 13.0. The van der Waals surface area contributed by atoms with E-state index < -0.39 is 52.7 Å². The van der Waals surface area contributed by atoms with Gasteiger partial charge in [0.25, 0.3) is 14.1 Å². The largest absolute Gasteiger partial charge is 0.382 e. The molecule has 0 aromatic carbocycles. The zero-order chi connectivity index (χ0) is 30.3. The molecule has 1 saturated heterocycles. The molecule has 0 bridgehead atoms. The summed E-state index contributed by atoms with van der Waals surface area (Å²) in [5.41, 5.74) is -0.588. The van der Waals surface area contributed by atoms with E-state index >= 15 is 0 Å². The summed E-state index contributed by atoms with van der Waals surface area (Å²) in [4.78, 5) is 27.5. The molecule has 0 spiro atoms. The first kappa shape index (κ1) is 34.2. The molecule has 0 amide bonds. The van der Waals surface area contributed by atoms with Gasteiger partial charge in [-0.2, -0.15) is 5.26 Å². The van der Waals surface area contributed by atoms with Gasteiger partial charge in [0.1, 0.15) is 12.2 Å². The van der Waals surface area contributed by atoms with Gasteiger partial charge in [0.05, 0.1) is 38.4 Å². The number of aryl methyl sites for hydroxylation is 1. The Kier molecular flexibility index (Phi) is 13.3. The third-order valence-corrected chi connectivity index (χ3v) is 11.0. The van der Waals surface area contributed by atoms with E-state index in [0.717, 1.165) is 6.42 Å². The predicted molar refractivity (Wildman–Crippen MR) is 155 cm³/mol. The molecule has 232 valence electrons. The van der Waals surface area contributed by atoms with Crippen molar-refractivity contribution >= 4 is 16.9 Å². The van der Waals surface area contributed by atoms with Crippen molar-refractivity contribution in [2.45, 2.75) is 89.7 Å². The smallest absolute Gasteiger partial charge is 0.330 e. The Morgan fingerprint density at radius 1 is 1.12 bits per heavy atom. The Morgan fingerprint density at radius 2 is 1.80 bits per heavy atom. The van der Waals surface area contributed by atoms with E-state index in [1.54, 1.807) is 28.3 Å². The minimum atomic E-state index is -1.65. The fourth-order valence-electron chi connectivity index (χ4n) is 5.11. The van der Waals surface area contributed by atoms with E-state index in [9.17, 15) is 9.59 Å². The van der Waals surface area contributed by atoms with Gasteiger partial charge in [-0.25, -0.2) is 9.46 Å². The Morgan fingerprint density at radius 3 is 2.39 bits per heavy atom. The first-order chi connectivity index (χ1) is 19.6. The average Bonchev–Trinajstić information content (AvgIpc) is 3.62. The Bertz CT molecular complexity index is 1120. The van der Waals surface area contributed by atoms with E-state index in [2.05, 4.69) is 43.4 Å². The van der Waals surface area contributed by atoms with Gasteiger partial charge < -0.3 is 32.3 Å². The number of rotatable bonds is 17. The number of aromatic amines is 1. The molecule has 1 N–H and O–H groups in total. The number of methoxy groups -OCH3 is 1. The average molecular weight is 619 g/mol. The summed E-state index contributed by atoms with van der Waals surface area (Å²) in [6.07, 6.45) is -0.259. The van der Waals surface area contributed by atoms with Crippen LogP contribution in [0.25, 0.3) is 0 Å². The highest BCUT2D eigenvalue weighted by molar-refractivity contribution is 7.48. The zero-order valence-electron chi connectivity index (χ0n) is 25.1. The van der Waals surface area contributed by atoms with Gasteiger partial charge in [0.2, 0.25) is 0 Å². The number of nitrogens with one attached hydrogen (secondary N) is 1. The van der Waals surface area contributed by atoms with Gasteiger partial charge in [-0.05, 0) is 47.0 Å². The van der Waals surface area contributed by atoms with E-state index in [1.165, 1.54) is 10.8 Å². The van der Waals surface area contributed by atoms with Crippen molar-refractivity contribution in [1.29, 1.82) is 5.26 Å². The van der Waals surface area contributed by atoms with Crippen molar-refractivity contribution in [3.8, 4) is 6.07 Å². The maximum Gasteiger partial charge on any atom is 0.330 e. The molecule has 7 unspecified atom stereocenters. The highest BCUT2D eigenvalue weighted by Crippen LogP contribution is 2.62. The third kappa shape index (κ3) is 8.42. The van der Waals surface area contributed by atoms with Crippen molar-refractivity contribution < 1.29 is 32.3 Å². The minimum absolute atomic E-state index is 0.0200. The van der Waals surface area contributed by atoms with Crippen LogP contribution >= 0.6 is 16.9 Å². The van der Waals surface area contributed by atoms with Crippen LogP contribution in [0.5, 0.6) is 0 Å². The van der Waals surface area contributed by atoms with Crippen LogP contribution in [0, 0.1) is 24.2 Å². The topological polar surface area (TPSA) is 146 Å². The first-order valence-electron chi connectivity index (χ1n) is 13.8. The van der Waals surface area contributed by atoms with Crippen molar-refractivity contribution in [1.82, 2.24) is 14.2 Å². The summed E-state index contributed by atoms with van der Waals surface area (Å²) in [5, 5.41) is 9.15. The molecule has 3 rings (SSSR count). The van der Waals surface area contributed by atoms with Crippen molar-refractivity contribution in [3.63, 3.8) is 0 Å². The quantitative estimate of drug-likeness (QED) is 0.202. The van der Waals surface area contributed by atoms with Crippen molar-refractivity contribution in [3.05, 3.63) is 32.6 Å². The van der Waals surface area contributed by atoms with Crippen LogP contribution < -0.4 is 11.2 Å². The molecule has 2 heterocycles. The second-order valence-electron chi connectivity index (χ2n) is 10.5. The first-order valence-corrected chi connectivity index (χ1v) is 16.2. The van der Waals surface area contributed by atoms with Gasteiger partial charge in [-0.1, -0.05) is 0 Å². The van der Waals surface area contributed by atoms with Gasteiger partial charge in [-0.3, -0.25) is 14.3 Å². The molecule has 2 fully saturated rings. The van der Waals surface area contributed by atoms with E-state index in [0.29, 0.717) is 12.2 Å². The number of aromatic nitrogens is 2. The second kappa shape index (κ2) is 16.0. The van der Waals surface area contributed by atoms with Crippen LogP contribution in [0.2, 0.25) is 0 Å². The zero-order valence-corrected chi connectivity index (χ0v) is 26.9. The van der Waals surface area contributed by atoms with Gasteiger partial charge in [-0.15, -0.1) is 0 Å². The normalized spacial score (nSPS) is 26.8. The van der Waals surface area contributed by atoms with Gasteiger partial charge in [0, 0.05) is 50.8 Å². The van der Waals surface area contributed by atoms with Gasteiger partial charge >= 0.3 is 5.69 Å². The number of hydrogen-bond acceptors (Lipinski definition) is 11. The predicted octanol–water partition coefficient (Wildman–Crippen LogP) is 3.43. The molecule has 13 nitrogen and oxygen atoms in total. The second-order valence-corrected chi connectivity index (χ2v) is 13.9. The van der Waals surface area contributed by atoms with E-state index in [-0.39, 0.29) is 43.3 Å². The lowest BCUT2D eigenvalue weighted by molar-refractivity contribution is -0.0796. The number of hydrogen-bond donors (Lipinski definition) is 1. The summed E-state index contributed by atoms with van der Waals surface area (Å²) >= 11 is 0. The van der Waals surface area contributed by atoms with Crippen LogP contribution in [0.15, 0.2) is 15.8 Å². The van der Waals surface area contributed by atoms with Crippen molar-refractivity contribution in [2.75, 3.05) is 41.2 Å². The highest BCUT2D eigenvalue weighted by atomic mass is 31.2. The molecular formula is C26H44N4O9P2. The van der Waals surface area contributed by atoms with Crippen LogP contribution in [-0.2, 0) is 32.3 Å². The van der Waals surface area contributed by atoms with Crippen LogP contribution in [0.1, 0.15) is 52.3 Å². The molecule has 1 aromatic rings. The Labute approximate surface area is 244 Å². The Balaban J connectivity index is 2.06. The molecule has 15 heteroatoms. The molecule has 1 aromatic heterocycles. The lowest BCUT2D eigenvalue weighted by Crippen LogP contribution is -2.42. The molecule has 1 aliphatic carbocycles. The summed E-state index contributed by atoms with van der Waals surface area (Å²) in [5.74, 6) is 0.0200. The van der Waals surface area contributed by atoms with E-state index in [1.807, 2.05) is 0 Å². The lowest BCUT2D eigenvalue weighted by Gasteiger charge is -2.38. The maximum atomic E-state index is 13.0. The van der Waals surface area contributed by atoms with Crippen molar-refractivity contribution in [2.24, 2.45) is 5.92 Å². The number of ether oxygens (including phenoxy) is 3. The summed E-state index contributed by atoms with van der Waals surface area (Å²) in [6.45, 7) is 10.6. The van der Waals surface area contributed by atoms with Crippen LogP contribution in [-0.4, -0.2) is 91.4 Å². The molecular weight excluding hydrogens is 574 g/mol. The molecule has 7 atom stereocenters. The van der Waals surface area contributed by atoms with Gasteiger partial charge in [0.15, 0.2) is 14.6 Å². The summed E-state index contributed by atoms with van der Waals surface area (Å²) in [7, 11) is 2.04. The monoisotopic (exact) mass is 618 g/mol. The SMILES string of the molecule is COCCOC1C(OP(OCCC#N)N(C(C)C)C(C)C)C(C2CC2P(OC)OC)OC1n1cc(C)c(=O)[nH]c1=O. The fraction of sp³-hybridized carbons (Fsp3) is 0.808. The fourth-order valence-corrected chi connectivity index (χ4v) is 8.45. The molecule has 1 saturated carbocycles. The number of nitriles is 1. The minimum Gasteiger partial charge on any atom is -0.382 e. The standard InChI is InChI=1S/C26H44N4O9P2/c1-16(2)30(17(3)4)41(37-11-9-10-27)39-22-21(19-14-20(19)40(34-7)35-8)38-25(23(22)36-13-12-33-6)29-15-18(5)24(31)28-26(29)32/h15-17,19-23,25H,9,11-14H2,1-8H3,(H,28,31,32). The summed E-state index contributed by atoms with van der Waals surface area (Å²) in [6, 6.07) is 2.29. The molecule has 41 heavy (non-hydrogen) atoms. The third-order valence-electron chi connectivity index (χ3n) is 6.97. The Hall–Kier alpha value is -1.29. The molecule has 1 aliphatic heterocycles. The lowest BCUT2D eigenvalue weighted by atomic mass is 10.1. The molecule has 0 radical (unpaired) electrons. The summed E-state index contributed by atoms with van der Waals surface area (Å²) < 4.78 is 46.0. The number of H-pyrrole nitrogens is 1. The van der Waals surface area contributed by atoms with Crippen LogP contribution in [0.4, 0.5) is 0 Å².